The molecule has 0 radical (unpaired) electrons. The minimum Gasteiger partial charge on any atom is -0.345 e. The summed E-state index contributed by atoms with van der Waals surface area (Å²) >= 11 is 0. The molecule has 0 saturated heterocycles. The van der Waals surface area contributed by atoms with Gasteiger partial charge >= 0.3 is 26.4 Å². The Bertz CT molecular complexity index is 2930. The van der Waals surface area contributed by atoms with Gasteiger partial charge in [0.15, 0.2) is 17.3 Å². The minimum atomic E-state index is -4.52. The standard InChI is InChI=1S/C63H78F9N6O7P/c1-58(73,37-34-49-28-31-52(76(49)4)55(79)13-7-10-43-16-22-46(23-17-43)61(64,65)66)40-83-86(82,84-41-59(2,74)38-35-50-29-32-53(77(50)5)56(80)14-8-11-44-18-24-47(25-19-44)62(67,68)69)85-42-60(3,75)39-36-51-30-33-54(78(51)6)57(81)15-9-12-45-20-26-48(27-21-45)63(70,71)72/h16-33H,7-15,34-42,73-75H2,1-6H3. The van der Waals surface area contributed by atoms with Gasteiger partial charge in [-0.05, 0) is 187 Å². The summed E-state index contributed by atoms with van der Waals surface area (Å²) in [7, 11) is 0.720. The van der Waals surface area contributed by atoms with Crippen molar-refractivity contribution in [3.63, 3.8) is 0 Å². The molecule has 0 aliphatic rings. The number of alkyl halides is 9. The van der Waals surface area contributed by atoms with E-state index in [0.717, 1.165) is 53.5 Å². The lowest BCUT2D eigenvalue weighted by molar-refractivity contribution is -0.138. The summed E-state index contributed by atoms with van der Waals surface area (Å²) in [5, 5.41) is 0. The Morgan fingerprint density at radius 3 is 0.849 bits per heavy atom. The smallest absolute Gasteiger partial charge is 0.345 e. The van der Waals surface area contributed by atoms with Crippen molar-refractivity contribution in [1.29, 1.82) is 0 Å². The molecule has 0 fully saturated rings. The molecule has 3 atom stereocenters. The highest BCUT2D eigenvalue weighted by Crippen LogP contribution is 2.51. The Morgan fingerprint density at radius 1 is 0.395 bits per heavy atom. The van der Waals surface area contributed by atoms with E-state index in [0.29, 0.717) is 91.6 Å². The van der Waals surface area contributed by atoms with E-state index in [-0.39, 0.29) is 75.7 Å². The molecule has 0 aliphatic carbocycles. The average molecular weight is 1230 g/mol. The third-order valence-corrected chi connectivity index (χ3v) is 16.8. The van der Waals surface area contributed by atoms with E-state index in [1.54, 1.807) is 92.0 Å². The number of Topliss-reactive ketones (excluding diaryl/α,β-unsaturated/α-hetero) is 3. The maximum atomic E-state index is 14.8. The van der Waals surface area contributed by atoms with Crippen molar-refractivity contribution in [2.24, 2.45) is 38.3 Å². The molecule has 3 unspecified atom stereocenters. The summed E-state index contributed by atoms with van der Waals surface area (Å²) in [5.41, 5.74) is 20.4. The van der Waals surface area contributed by atoms with Gasteiger partial charge in [-0.25, -0.2) is 4.57 Å². The van der Waals surface area contributed by atoms with Crippen LogP contribution in [0.2, 0.25) is 0 Å². The third kappa shape index (κ3) is 20.5. The van der Waals surface area contributed by atoms with Crippen LogP contribution in [-0.4, -0.2) is 67.5 Å². The average Bonchev–Trinajstić information content (AvgIpc) is 3.35. The second-order valence-electron chi connectivity index (χ2n) is 23.5. The Morgan fingerprint density at radius 2 is 0.628 bits per heavy atom. The molecule has 3 aromatic heterocycles. The zero-order chi connectivity index (χ0) is 63.5. The van der Waals surface area contributed by atoms with Gasteiger partial charge in [-0.3, -0.25) is 28.0 Å². The van der Waals surface area contributed by atoms with Gasteiger partial charge in [0.2, 0.25) is 0 Å². The summed E-state index contributed by atoms with van der Waals surface area (Å²) in [5.74, 6) is -0.414. The van der Waals surface area contributed by atoms with E-state index in [1.807, 2.05) is 0 Å². The minimum absolute atomic E-state index is 0.138. The second-order valence-corrected chi connectivity index (χ2v) is 25.1. The number of ketones is 3. The van der Waals surface area contributed by atoms with Gasteiger partial charge < -0.3 is 30.9 Å². The first kappa shape index (κ1) is 69.0. The van der Waals surface area contributed by atoms with Crippen LogP contribution >= 0.6 is 7.82 Å². The molecule has 6 N–H and O–H groups in total. The van der Waals surface area contributed by atoms with Crippen LogP contribution in [0, 0.1) is 0 Å². The molecule has 3 heterocycles. The number of rotatable bonds is 33. The van der Waals surface area contributed by atoms with Gasteiger partial charge in [0, 0.05) is 74.1 Å². The normalized spacial score (nSPS) is 15.2. The van der Waals surface area contributed by atoms with Crippen LogP contribution in [0.5, 0.6) is 0 Å². The topological polar surface area (TPSA) is 189 Å². The van der Waals surface area contributed by atoms with Crippen LogP contribution in [0.1, 0.15) is 160 Å². The number of nitrogens with two attached hydrogens (primary N) is 3. The number of phosphoric ester groups is 1. The van der Waals surface area contributed by atoms with Crippen molar-refractivity contribution >= 4 is 25.2 Å². The van der Waals surface area contributed by atoms with Gasteiger partial charge in [-0.2, -0.15) is 39.5 Å². The quantitative estimate of drug-likeness (QED) is 0.0203. The zero-order valence-corrected chi connectivity index (χ0v) is 50.3. The molecule has 0 spiro atoms. The lowest BCUT2D eigenvalue weighted by Crippen LogP contribution is -2.44. The first-order valence-electron chi connectivity index (χ1n) is 28.5. The molecule has 0 aliphatic heterocycles. The Balaban J connectivity index is 1.05. The number of aromatic nitrogens is 3. The lowest BCUT2D eigenvalue weighted by atomic mass is 9.97. The fraction of sp³-hybridized carbons (Fsp3) is 0.476. The van der Waals surface area contributed by atoms with Crippen LogP contribution in [-0.2, 0) is 96.3 Å². The Kier molecular flexibility index (Phi) is 23.1. The fourth-order valence-corrected chi connectivity index (χ4v) is 11.4. The highest BCUT2D eigenvalue weighted by molar-refractivity contribution is 7.48. The summed E-state index contributed by atoms with van der Waals surface area (Å²) in [4.78, 5) is 39.8. The molecular weight excluding hydrogens is 1150 g/mol. The van der Waals surface area contributed by atoms with Crippen LogP contribution in [0.15, 0.2) is 109 Å². The molecule has 86 heavy (non-hydrogen) atoms. The molecule has 6 aromatic rings. The number of hydrogen-bond donors (Lipinski definition) is 3. The predicted molar refractivity (Wildman–Crippen MR) is 311 cm³/mol. The molecule has 0 amide bonds. The summed E-state index contributed by atoms with van der Waals surface area (Å²) < 4.78 is 155. The summed E-state index contributed by atoms with van der Waals surface area (Å²) in [6, 6.07) is 25.1. The van der Waals surface area contributed by atoms with Crippen molar-refractivity contribution in [2.45, 2.75) is 152 Å². The van der Waals surface area contributed by atoms with Crippen LogP contribution in [0.3, 0.4) is 0 Å². The number of halogens is 9. The number of nitrogens with zero attached hydrogens (tertiary/aromatic N) is 3. The molecule has 470 valence electrons. The molecule has 0 saturated carbocycles. The largest absolute Gasteiger partial charge is 0.474 e. The summed E-state index contributed by atoms with van der Waals surface area (Å²) in [6.45, 7) is 4.14. The van der Waals surface area contributed by atoms with E-state index in [4.69, 9.17) is 30.8 Å². The van der Waals surface area contributed by atoms with Gasteiger partial charge in [0.1, 0.15) is 0 Å². The molecule has 3 aromatic carbocycles. The number of hydrogen-bond acceptors (Lipinski definition) is 10. The van der Waals surface area contributed by atoms with Crippen molar-refractivity contribution in [1.82, 2.24) is 13.7 Å². The molecule has 0 bridgehead atoms. The van der Waals surface area contributed by atoms with E-state index in [9.17, 15) is 58.5 Å². The highest BCUT2D eigenvalue weighted by Gasteiger charge is 2.37. The van der Waals surface area contributed by atoms with Gasteiger partial charge in [0.25, 0.3) is 0 Å². The lowest BCUT2D eigenvalue weighted by Gasteiger charge is -2.32. The summed E-state index contributed by atoms with van der Waals surface area (Å²) in [6.07, 6.45) is -8.26. The SMILES string of the molecule is Cn1c(CCC(C)(N)COP(=O)(OCC(C)(N)CCc2ccc(C(=O)CCCc3ccc(C(F)(F)F)cc3)n2C)OCC(C)(N)CCc2ccc(C(=O)CCCc3ccc(C(F)(F)F)cc3)n2C)ccc1C(=O)CCCc1ccc(C(F)(F)F)cc1. The zero-order valence-electron chi connectivity index (χ0n) is 49.4. The van der Waals surface area contributed by atoms with E-state index < -0.39 is 59.7 Å². The number of aryl methyl sites for hydroxylation is 6. The maximum Gasteiger partial charge on any atom is 0.474 e. The van der Waals surface area contributed by atoms with Crippen molar-refractivity contribution in [2.75, 3.05) is 19.8 Å². The third-order valence-electron chi connectivity index (χ3n) is 15.5. The maximum absolute atomic E-state index is 14.8. The molecular formula is C63H78F9N6O7P. The van der Waals surface area contributed by atoms with Crippen molar-refractivity contribution in [3.05, 3.63) is 177 Å². The van der Waals surface area contributed by atoms with Crippen molar-refractivity contribution < 1.29 is 72.0 Å². The van der Waals surface area contributed by atoms with Crippen LogP contribution in [0.25, 0.3) is 0 Å². The molecule has 6 rings (SSSR count). The van der Waals surface area contributed by atoms with Crippen LogP contribution in [0.4, 0.5) is 39.5 Å². The van der Waals surface area contributed by atoms with Gasteiger partial charge in [0.05, 0.1) is 53.6 Å². The van der Waals surface area contributed by atoms with E-state index in [1.165, 1.54) is 36.4 Å². The molecule has 13 nitrogen and oxygen atoms in total. The highest BCUT2D eigenvalue weighted by atomic mass is 31.2. The molecule has 23 heteroatoms. The van der Waals surface area contributed by atoms with Gasteiger partial charge in [-0.1, -0.05) is 36.4 Å². The predicted octanol–water partition coefficient (Wildman–Crippen LogP) is 13.9. The number of carbonyl (C=O) groups excluding carboxylic acids is 3. The first-order chi connectivity index (χ1) is 40.0. The Labute approximate surface area is 496 Å². The monoisotopic (exact) mass is 1230 g/mol. The van der Waals surface area contributed by atoms with E-state index in [2.05, 4.69) is 0 Å². The van der Waals surface area contributed by atoms with Crippen molar-refractivity contribution in [3.8, 4) is 0 Å². The number of phosphoric acid groups is 1. The fourth-order valence-electron chi connectivity index (χ4n) is 9.83. The second kappa shape index (κ2) is 28.8. The number of benzene rings is 3. The van der Waals surface area contributed by atoms with E-state index >= 15 is 0 Å². The number of carbonyl (C=O) groups is 3. The first-order valence-corrected chi connectivity index (χ1v) is 29.9. The van der Waals surface area contributed by atoms with Gasteiger partial charge in [-0.15, -0.1) is 0 Å². The Hall–Kier alpha value is -6.13. The van der Waals surface area contributed by atoms with Crippen LogP contribution < -0.4 is 17.2 Å².